The lowest BCUT2D eigenvalue weighted by molar-refractivity contribution is -0.127. The second-order valence-corrected chi connectivity index (χ2v) is 7.70. The van der Waals surface area contributed by atoms with Gasteiger partial charge in [0.1, 0.15) is 5.75 Å². The number of likely N-dealkylation sites (tertiary alicyclic amines) is 1. The number of ether oxygens (including phenoxy) is 1. The summed E-state index contributed by atoms with van der Waals surface area (Å²) in [6, 6.07) is 16.1. The lowest BCUT2D eigenvalue weighted by atomic mass is 10.2. The molecule has 0 radical (unpaired) electrons. The van der Waals surface area contributed by atoms with Crippen LogP contribution in [0.25, 0.3) is 10.2 Å². The average molecular weight is 382 g/mol. The molecule has 1 amide bonds. The van der Waals surface area contributed by atoms with Crippen LogP contribution in [0.4, 0.5) is 0 Å². The van der Waals surface area contributed by atoms with Crippen molar-refractivity contribution in [2.24, 2.45) is 0 Å². The molecule has 0 spiro atoms. The maximum atomic E-state index is 11.6. The van der Waals surface area contributed by atoms with Crippen LogP contribution >= 0.6 is 11.3 Å². The van der Waals surface area contributed by atoms with Crippen molar-refractivity contribution < 1.29 is 9.53 Å². The van der Waals surface area contributed by atoms with Crippen LogP contribution in [-0.2, 0) is 11.3 Å². The summed E-state index contributed by atoms with van der Waals surface area (Å²) in [5.41, 5.74) is 2.18. The number of rotatable bonds is 8. The van der Waals surface area contributed by atoms with Crippen molar-refractivity contribution in [3.8, 4) is 10.9 Å². The van der Waals surface area contributed by atoms with Gasteiger partial charge >= 0.3 is 0 Å². The van der Waals surface area contributed by atoms with Crippen molar-refractivity contribution in [2.75, 3.05) is 19.6 Å². The second-order valence-electron chi connectivity index (χ2n) is 6.71. The van der Waals surface area contributed by atoms with Crippen LogP contribution in [0, 0.1) is 0 Å². The lowest BCUT2D eigenvalue weighted by Crippen LogP contribution is -2.28. The quantitative estimate of drug-likeness (QED) is 0.595. The van der Waals surface area contributed by atoms with Crippen molar-refractivity contribution >= 4 is 27.5 Å². The summed E-state index contributed by atoms with van der Waals surface area (Å²) < 4.78 is 7.01. The van der Waals surface area contributed by atoms with E-state index in [0.29, 0.717) is 11.1 Å². The van der Waals surface area contributed by atoms with Gasteiger partial charge in [0.15, 0.2) is 0 Å². The van der Waals surface area contributed by atoms with E-state index < -0.39 is 0 Å². The summed E-state index contributed by atoms with van der Waals surface area (Å²) in [5.74, 6) is 1.10. The number of aromatic nitrogens is 1. The Bertz CT molecular complexity index is 874. The Labute approximate surface area is 163 Å². The zero-order valence-electron chi connectivity index (χ0n) is 15.2. The van der Waals surface area contributed by atoms with Gasteiger partial charge in [-0.1, -0.05) is 35.6 Å². The number of benzene rings is 2. The summed E-state index contributed by atoms with van der Waals surface area (Å²) in [5, 5.41) is 4.10. The molecule has 1 fully saturated rings. The highest BCUT2D eigenvalue weighted by Gasteiger charge is 2.18. The van der Waals surface area contributed by atoms with E-state index in [0.717, 1.165) is 61.4 Å². The fraction of sp³-hybridized carbons (Fsp3) is 0.333. The third kappa shape index (κ3) is 4.64. The van der Waals surface area contributed by atoms with Crippen LogP contribution in [-0.4, -0.2) is 35.4 Å². The molecule has 1 aromatic heterocycles. The SMILES string of the molecule is O=C1CCCN1CCCNCc1ccc(Oc2nc3ccccc3s2)cc1. The molecule has 1 aliphatic rings. The fourth-order valence-corrected chi connectivity index (χ4v) is 4.07. The Kier molecular flexibility index (Phi) is 5.65. The van der Waals surface area contributed by atoms with Gasteiger partial charge in [0.2, 0.25) is 5.91 Å². The topological polar surface area (TPSA) is 54.5 Å². The van der Waals surface area contributed by atoms with Crippen molar-refractivity contribution in [1.82, 2.24) is 15.2 Å². The molecule has 1 saturated heterocycles. The molecular weight excluding hydrogens is 358 g/mol. The maximum absolute atomic E-state index is 11.6. The zero-order valence-corrected chi connectivity index (χ0v) is 16.0. The van der Waals surface area contributed by atoms with Crippen LogP contribution in [0.5, 0.6) is 10.9 Å². The first-order valence-electron chi connectivity index (χ1n) is 9.39. The number of hydrogen-bond donors (Lipinski definition) is 1. The number of amides is 1. The first-order chi connectivity index (χ1) is 13.3. The second kappa shape index (κ2) is 8.50. The number of nitrogens with one attached hydrogen (secondary N) is 1. The van der Waals surface area contributed by atoms with Gasteiger partial charge in [0.05, 0.1) is 10.2 Å². The summed E-state index contributed by atoms with van der Waals surface area (Å²) in [6.45, 7) is 3.51. The largest absolute Gasteiger partial charge is 0.431 e. The number of para-hydroxylation sites is 1. The smallest absolute Gasteiger partial charge is 0.279 e. The van der Waals surface area contributed by atoms with E-state index in [9.17, 15) is 4.79 Å². The van der Waals surface area contributed by atoms with E-state index in [1.807, 2.05) is 41.3 Å². The molecule has 140 valence electrons. The Hall–Kier alpha value is -2.44. The number of thiazole rings is 1. The Balaban J connectivity index is 1.22. The van der Waals surface area contributed by atoms with Crippen LogP contribution in [0.1, 0.15) is 24.8 Å². The van der Waals surface area contributed by atoms with Crippen molar-refractivity contribution in [2.45, 2.75) is 25.8 Å². The Morgan fingerprint density at radius 1 is 1.15 bits per heavy atom. The molecule has 0 atom stereocenters. The number of carbonyl (C=O) groups excluding carboxylic acids is 1. The predicted octanol–water partition coefficient (Wildman–Crippen LogP) is 4.19. The molecule has 0 saturated carbocycles. The summed E-state index contributed by atoms with van der Waals surface area (Å²) in [6.07, 6.45) is 2.72. The minimum atomic E-state index is 0.304. The van der Waals surface area contributed by atoms with Gasteiger partial charge in [0, 0.05) is 26.1 Å². The van der Waals surface area contributed by atoms with Crippen LogP contribution in [0.15, 0.2) is 48.5 Å². The van der Waals surface area contributed by atoms with Gasteiger partial charge in [-0.2, -0.15) is 0 Å². The van der Waals surface area contributed by atoms with Gasteiger partial charge in [0.25, 0.3) is 5.19 Å². The van der Waals surface area contributed by atoms with Gasteiger partial charge in [-0.25, -0.2) is 4.98 Å². The Morgan fingerprint density at radius 2 is 2.00 bits per heavy atom. The van der Waals surface area contributed by atoms with E-state index >= 15 is 0 Å². The van der Waals surface area contributed by atoms with E-state index in [-0.39, 0.29) is 0 Å². The van der Waals surface area contributed by atoms with E-state index in [2.05, 4.69) is 22.4 Å². The molecule has 1 N–H and O–H groups in total. The molecule has 0 bridgehead atoms. The van der Waals surface area contributed by atoms with Crippen molar-refractivity contribution in [3.63, 3.8) is 0 Å². The summed E-state index contributed by atoms with van der Waals surface area (Å²) in [7, 11) is 0. The highest BCUT2D eigenvalue weighted by Crippen LogP contribution is 2.31. The third-order valence-electron chi connectivity index (χ3n) is 4.68. The standard InChI is InChI=1S/C21H23N3O2S/c25-20-7-3-13-24(20)14-4-12-22-15-16-8-10-17(11-9-16)26-21-23-18-5-1-2-6-19(18)27-21/h1-2,5-6,8-11,22H,3-4,7,12-15H2. The molecular formula is C21H23N3O2S. The predicted molar refractivity (Wildman–Crippen MR) is 108 cm³/mol. The normalized spacial score (nSPS) is 14.2. The lowest BCUT2D eigenvalue weighted by Gasteiger charge is -2.15. The van der Waals surface area contributed by atoms with Crippen molar-refractivity contribution in [3.05, 3.63) is 54.1 Å². The van der Waals surface area contributed by atoms with Crippen LogP contribution in [0.3, 0.4) is 0 Å². The first kappa shape index (κ1) is 17.9. The maximum Gasteiger partial charge on any atom is 0.279 e. The molecule has 27 heavy (non-hydrogen) atoms. The van der Waals surface area contributed by atoms with Gasteiger partial charge in [-0.15, -0.1) is 0 Å². The summed E-state index contributed by atoms with van der Waals surface area (Å²) in [4.78, 5) is 18.0. The highest BCUT2D eigenvalue weighted by atomic mass is 32.1. The number of nitrogens with zero attached hydrogens (tertiary/aromatic N) is 2. The zero-order chi connectivity index (χ0) is 18.5. The fourth-order valence-electron chi connectivity index (χ4n) is 3.24. The van der Waals surface area contributed by atoms with Gasteiger partial charge < -0.3 is 15.0 Å². The summed E-state index contributed by atoms with van der Waals surface area (Å²) >= 11 is 1.55. The van der Waals surface area contributed by atoms with E-state index in [1.54, 1.807) is 11.3 Å². The molecule has 0 unspecified atom stereocenters. The van der Waals surface area contributed by atoms with Crippen LogP contribution in [0.2, 0.25) is 0 Å². The van der Waals surface area contributed by atoms with Gasteiger partial charge in [-0.05, 0) is 49.2 Å². The van der Waals surface area contributed by atoms with E-state index in [4.69, 9.17) is 4.74 Å². The average Bonchev–Trinajstić information content (AvgIpc) is 3.28. The molecule has 1 aliphatic heterocycles. The highest BCUT2D eigenvalue weighted by molar-refractivity contribution is 7.20. The number of fused-ring (bicyclic) bond motifs is 1. The Morgan fingerprint density at radius 3 is 2.78 bits per heavy atom. The molecule has 5 nitrogen and oxygen atoms in total. The molecule has 2 heterocycles. The van der Waals surface area contributed by atoms with Gasteiger partial charge in [-0.3, -0.25) is 4.79 Å². The molecule has 2 aromatic carbocycles. The molecule has 3 aromatic rings. The number of carbonyl (C=O) groups is 1. The minimum absolute atomic E-state index is 0.304. The van der Waals surface area contributed by atoms with Crippen molar-refractivity contribution in [1.29, 1.82) is 0 Å². The minimum Gasteiger partial charge on any atom is -0.431 e. The molecule has 6 heteroatoms. The first-order valence-corrected chi connectivity index (χ1v) is 10.2. The number of hydrogen-bond acceptors (Lipinski definition) is 5. The monoisotopic (exact) mass is 381 g/mol. The van der Waals surface area contributed by atoms with Crippen LogP contribution < -0.4 is 10.1 Å². The molecule has 4 rings (SSSR count). The van der Waals surface area contributed by atoms with E-state index in [1.165, 1.54) is 5.56 Å². The third-order valence-corrected chi connectivity index (χ3v) is 5.60. The molecule has 0 aliphatic carbocycles.